The normalized spacial score (nSPS) is 9.95. The first-order valence-corrected chi connectivity index (χ1v) is 6.93. The predicted molar refractivity (Wildman–Crippen MR) is 86.6 cm³/mol. The van der Waals surface area contributed by atoms with Gasteiger partial charge in [0.25, 0.3) is 11.6 Å². The second kappa shape index (κ2) is 10.8. The van der Waals surface area contributed by atoms with E-state index in [1.807, 2.05) is 0 Å². The van der Waals surface area contributed by atoms with Crippen LogP contribution < -0.4 is 10.1 Å². The van der Waals surface area contributed by atoms with Gasteiger partial charge < -0.3 is 15.0 Å². The smallest absolute Gasteiger partial charge is 0.269 e. The molecule has 0 unspecified atom stereocenters. The molecule has 0 spiro atoms. The summed E-state index contributed by atoms with van der Waals surface area (Å²) in [7, 11) is 0. The number of halogens is 1. The van der Waals surface area contributed by atoms with Crippen LogP contribution in [0.2, 0.25) is 0 Å². The number of hydrogen-bond donors (Lipinski definition) is 1. The van der Waals surface area contributed by atoms with Crippen LogP contribution in [0.4, 0.5) is 5.69 Å². The van der Waals surface area contributed by atoms with Crippen LogP contribution in [0, 0.1) is 10.1 Å². The van der Waals surface area contributed by atoms with Crippen molar-refractivity contribution in [3.05, 3.63) is 34.4 Å². The molecule has 124 valence electrons. The number of rotatable bonds is 9. The highest BCUT2D eigenvalue weighted by Gasteiger charge is 2.06. The first kappa shape index (κ1) is 20.1. The molecule has 0 aliphatic rings. The molecular formula is C14H22ClN3O4. The van der Waals surface area contributed by atoms with Gasteiger partial charge in [0.1, 0.15) is 5.75 Å². The van der Waals surface area contributed by atoms with Gasteiger partial charge in [-0.2, -0.15) is 0 Å². The summed E-state index contributed by atoms with van der Waals surface area (Å²) in [5.74, 6) is 0.222. The Morgan fingerprint density at radius 2 is 1.86 bits per heavy atom. The maximum Gasteiger partial charge on any atom is 0.269 e. The quantitative estimate of drug-likeness (QED) is 0.551. The number of non-ortho nitro benzene ring substituents is 1. The van der Waals surface area contributed by atoms with E-state index < -0.39 is 4.92 Å². The van der Waals surface area contributed by atoms with E-state index in [-0.39, 0.29) is 30.6 Å². The minimum Gasteiger partial charge on any atom is -0.484 e. The molecule has 0 bridgehead atoms. The molecule has 0 aliphatic heterocycles. The van der Waals surface area contributed by atoms with Crippen molar-refractivity contribution in [3.63, 3.8) is 0 Å². The van der Waals surface area contributed by atoms with Crippen LogP contribution in [0.3, 0.4) is 0 Å². The standard InChI is InChI=1S/C14H21N3O4.ClH/c1-3-16(4-2)10-9-15-14(18)11-21-13-7-5-12(6-8-13)17(19)20;/h5-8H,3-4,9-11H2,1-2H3,(H,15,18);1H. The molecule has 1 aromatic carbocycles. The summed E-state index contributed by atoms with van der Waals surface area (Å²) in [6.07, 6.45) is 0. The second-order valence-corrected chi connectivity index (χ2v) is 4.42. The number of benzene rings is 1. The Morgan fingerprint density at radius 3 is 2.36 bits per heavy atom. The van der Waals surface area contributed by atoms with Crippen LogP contribution in [-0.2, 0) is 4.79 Å². The van der Waals surface area contributed by atoms with Crippen LogP contribution in [0.15, 0.2) is 24.3 Å². The molecule has 0 fully saturated rings. The fourth-order valence-corrected chi connectivity index (χ4v) is 1.76. The molecule has 8 heteroatoms. The van der Waals surface area contributed by atoms with Gasteiger partial charge in [-0.3, -0.25) is 14.9 Å². The second-order valence-electron chi connectivity index (χ2n) is 4.42. The Bertz CT molecular complexity index is 464. The number of nitrogens with zero attached hydrogens (tertiary/aromatic N) is 2. The zero-order chi connectivity index (χ0) is 15.7. The highest BCUT2D eigenvalue weighted by molar-refractivity contribution is 5.85. The van der Waals surface area contributed by atoms with Crippen molar-refractivity contribution < 1.29 is 14.5 Å². The third-order valence-electron chi connectivity index (χ3n) is 3.06. The van der Waals surface area contributed by atoms with Gasteiger partial charge in [-0.1, -0.05) is 13.8 Å². The Kier molecular flexibility index (Phi) is 9.89. The largest absolute Gasteiger partial charge is 0.484 e. The molecule has 0 aliphatic carbocycles. The molecule has 0 aromatic heterocycles. The van der Waals surface area contributed by atoms with E-state index in [9.17, 15) is 14.9 Å². The van der Waals surface area contributed by atoms with Crippen molar-refractivity contribution in [1.82, 2.24) is 10.2 Å². The van der Waals surface area contributed by atoms with E-state index in [1.54, 1.807) is 0 Å². The lowest BCUT2D eigenvalue weighted by molar-refractivity contribution is -0.384. The van der Waals surface area contributed by atoms with Gasteiger partial charge in [0, 0.05) is 25.2 Å². The number of hydrogen-bond acceptors (Lipinski definition) is 5. The van der Waals surface area contributed by atoms with Crippen molar-refractivity contribution in [1.29, 1.82) is 0 Å². The Morgan fingerprint density at radius 1 is 1.27 bits per heavy atom. The summed E-state index contributed by atoms with van der Waals surface area (Å²) in [6.45, 7) is 7.32. The van der Waals surface area contributed by atoms with Crippen LogP contribution in [0.5, 0.6) is 5.75 Å². The molecule has 1 rings (SSSR count). The Labute approximate surface area is 136 Å². The molecule has 7 nitrogen and oxygen atoms in total. The van der Waals surface area contributed by atoms with Crippen molar-refractivity contribution in [2.75, 3.05) is 32.8 Å². The van der Waals surface area contributed by atoms with Crippen molar-refractivity contribution in [3.8, 4) is 5.75 Å². The molecule has 0 saturated carbocycles. The van der Waals surface area contributed by atoms with Gasteiger partial charge >= 0.3 is 0 Å². The van der Waals surface area contributed by atoms with E-state index in [0.717, 1.165) is 19.6 Å². The average molecular weight is 332 g/mol. The average Bonchev–Trinajstić information content (AvgIpc) is 2.50. The number of carbonyl (C=O) groups excluding carboxylic acids is 1. The summed E-state index contributed by atoms with van der Waals surface area (Å²) >= 11 is 0. The number of carbonyl (C=O) groups is 1. The zero-order valence-electron chi connectivity index (χ0n) is 12.8. The van der Waals surface area contributed by atoms with Crippen LogP contribution in [-0.4, -0.2) is 48.5 Å². The van der Waals surface area contributed by atoms with Crippen LogP contribution in [0.25, 0.3) is 0 Å². The fraction of sp³-hybridized carbons (Fsp3) is 0.500. The zero-order valence-corrected chi connectivity index (χ0v) is 13.6. The predicted octanol–water partition coefficient (Wildman–Crippen LogP) is 1.85. The molecule has 0 heterocycles. The molecule has 22 heavy (non-hydrogen) atoms. The lowest BCUT2D eigenvalue weighted by Crippen LogP contribution is -2.36. The highest BCUT2D eigenvalue weighted by Crippen LogP contribution is 2.16. The molecule has 1 N–H and O–H groups in total. The minimum absolute atomic E-state index is 0. The molecule has 1 aromatic rings. The van der Waals surface area contributed by atoms with Gasteiger partial charge in [0.15, 0.2) is 6.61 Å². The molecule has 1 amide bonds. The first-order chi connectivity index (χ1) is 10.1. The summed E-state index contributed by atoms with van der Waals surface area (Å²) in [4.78, 5) is 23.8. The third-order valence-corrected chi connectivity index (χ3v) is 3.06. The molecule has 0 saturated heterocycles. The number of nitrogens with one attached hydrogen (secondary N) is 1. The van der Waals surface area contributed by atoms with E-state index >= 15 is 0 Å². The van der Waals surface area contributed by atoms with E-state index in [4.69, 9.17) is 4.74 Å². The van der Waals surface area contributed by atoms with E-state index in [0.29, 0.717) is 12.3 Å². The fourth-order valence-electron chi connectivity index (χ4n) is 1.76. The molecule has 0 radical (unpaired) electrons. The van der Waals surface area contributed by atoms with Gasteiger partial charge in [-0.15, -0.1) is 12.4 Å². The molecule has 0 atom stereocenters. The van der Waals surface area contributed by atoms with E-state index in [2.05, 4.69) is 24.1 Å². The summed E-state index contributed by atoms with van der Waals surface area (Å²) in [6, 6.07) is 5.63. The monoisotopic (exact) mass is 331 g/mol. The number of nitro groups is 1. The highest BCUT2D eigenvalue weighted by atomic mass is 35.5. The Hall–Kier alpha value is -1.86. The van der Waals surface area contributed by atoms with Gasteiger partial charge in [-0.05, 0) is 25.2 Å². The molecular weight excluding hydrogens is 310 g/mol. The minimum atomic E-state index is -0.482. The lowest BCUT2D eigenvalue weighted by Gasteiger charge is -2.17. The van der Waals surface area contributed by atoms with Gasteiger partial charge in [0.2, 0.25) is 0 Å². The van der Waals surface area contributed by atoms with E-state index in [1.165, 1.54) is 24.3 Å². The first-order valence-electron chi connectivity index (χ1n) is 6.93. The van der Waals surface area contributed by atoms with Crippen LogP contribution >= 0.6 is 12.4 Å². The SMILES string of the molecule is CCN(CC)CCNC(=O)COc1ccc([N+](=O)[O-])cc1.Cl. The van der Waals surface area contributed by atoms with Crippen LogP contribution in [0.1, 0.15) is 13.8 Å². The summed E-state index contributed by atoms with van der Waals surface area (Å²) in [5, 5.41) is 13.3. The van der Waals surface area contributed by atoms with Crippen molar-refractivity contribution in [2.24, 2.45) is 0 Å². The van der Waals surface area contributed by atoms with Gasteiger partial charge in [-0.25, -0.2) is 0 Å². The summed E-state index contributed by atoms with van der Waals surface area (Å²) < 4.78 is 5.26. The number of amides is 1. The maximum absolute atomic E-state index is 11.6. The van der Waals surface area contributed by atoms with Gasteiger partial charge in [0.05, 0.1) is 4.92 Å². The summed E-state index contributed by atoms with van der Waals surface area (Å²) in [5.41, 5.74) is -0.00831. The van der Waals surface area contributed by atoms with Crippen molar-refractivity contribution in [2.45, 2.75) is 13.8 Å². The number of nitro benzene ring substituents is 1. The number of likely N-dealkylation sites (N-methyl/N-ethyl adjacent to an activating group) is 1. The van der Waals surface area contributed by atoms with Crippen molar-refractivity contribution >= 4 is 24.0 Å². The lowest BCUT2D eigenvalue weighted by atomic mass is 10.3. The third kappa shape index (κ3) is 7.24. The number of ether oxygens (including phenoxy) is 1. The topological polar surface area (TPSA) is 84.7 Å². The maximum atomic E-state index is 11.6. The Balaban J connectivity index is 0.00000441.